The zero-order valence-electron chi connectivity index (χ0n) is 8.12. The summed E-state index contributed by atoms with van der Waals surface area (Å²) in [6, 6.07) is 7.75. The van der Waals surface area contributed by atoms with Gasteiger partial charge >= 0.3 is 0 Å². The number of benzene rings is 1. The van der Waals surface area contributed by atoms with Crippen LogP contribution < -0.4 is 5.32 Å². The van der Waals surface area contributed by atoms with Crippen molar-refractivity contribution in [3.63, 3.8) is 0 Å². The Kier molecular flexibility index (Phi) is 3.73. The molecule has 70 valence electrons. The van der Waals surface area contributed by atoms with Crippen molar-refractivity contribution >= 4 is 5.69 Å². The Balaban J connectivity index is 2.68. The average molecular weight is 184 g/mol. The Hall–Kier alpha value is -1.77. The number of nitrogens with one attached hydrogen (secondary N) is 1. The van der Waals surface area contributed by atoms with Gasteiger partial charge in [-0.25, -0.2) is 4.85 Å². The van der Waals surface area contributed by atoms with Crippen molar-refractivity contribution in [2.24, 2.45) is 0 Å². The van der Waals surface area contributed by atoms with Crippen LogP contribution in [0, 0.1) is 18.9 Å². The van der Waals surface area contributed by atoms with Gasteiger partial charge in [-0.3, -0.25) is 5.32 Å². The molecule has 0 saturated heterocycles. The maximum absolute atomic E-state index is 6.82. The van der Waals surface area contributed by atoms with Gasteiger partial charge in [0.15, 0.2) is 5.69 Å². The van der Waals surface area contributed by atoms with E-state index < -0.39 is 0 Å². The lowest BCUT2D eigenvalue weighted by atomic mass is 10.1. The number of terminal acetylenes is 1. The second kappa shape index (κ2) is 5.07. The molecule has 0 amide bonds. The molecule has 0 aliphatic heterocycles. The molecule has 0 aliphatic carbocycles. The second-order valence-corrected chi connectivity index (χ2v) is 3.01. The van der Waals surface area contributed by atoms with E-state index in [2.05, 4.69) is 16.1 Å². The minimum absolute atomic E-state index is 0.228. The summed E-state index contributed by atoms with van der Waals surface area (Å²) >= 11 is 0. The molecule has 1 aromatic carbocycles. The standard InChI is InChI=1S/C12H12N2/c1-4-9-14-10(2)11-5-7-12(13-3)8-6-11/h1,5-8,10,14H,9H2,2H3. The van der Waals surface area contributed by atoms with Crippen molar-refractivity contribution in [2.45, 2.75) is 13.0 Å². The first-order valence-corrected chi connectivity index (χ1v) is 4.42. The Morgan fingerprint density at radius 3 is 2.64 bits per heavy atom. The molecule has 2 nitrogen and oxygen atoms in total. The van der Waals surface area contributed by atoms with Crippen LogP contribution in [0.2, 0.25) is 0 Å². The van der Waals surface area contributed by atoms with Gasteiger partial charge in [0.2, 0.25) is 0 Å². The monoisotopic (exact) mass is 184 g/mol. The number of rotatable bonds is 3. The predicted octanol–water partition coefficient (Wildman–Crippen LogP) is 2.52. The highest BCUT2D eigenvalue weighted by Gasteiger charge is 2.02. The van der Waals surface area contributed by atoms with Crippen molar-refractivity contribution in [2.75, 3.05) is 6.54 Å². The van der Waals surface area contributed by atoms with Crippen LogP contribution in [0.5, 0.6) is 0 Å². The van der Waals surface area contributed by atoms with Crippen LogP contribution in [0.15, 0.2) is 24.3 Å². The minimum atomic E-state index is 0.228. The van der Waals surface area contributed by atoms with E-state index in [9.17, 15) is 0 Å². The van der Waals surface area contributed by atoms with E-state index in [0.29, 0.717) is 12.2 Å². The summed E-state index contributed by atoms with van der Waals surface area (Å²) < 4.78 is 0. The zero-order valence-corrected chi connectivity index (χ0v) is 8.12. The summed E-state index contributed by atoms with van der Waals surface area (Å²) in [5, 5.41) is 3.17. The molecule has 14 heavy (non-hydrogen) atoms. The molecule has 0 fully saturated rings. The maximum atomic E-state index is 6.82. The van der Waals surface area contributed by atoms with Crippen LogP contribution in [-0.2, 0) is 0 Å². The Bertz CT molecular complexity index is 365. The lowest BCUT2D eigenvalue weighted by Crippen LogP contribution is -2.18. The zero-order chi connectivity index (χ0) is 10.4. The molecule has 0 bridgehead atoms. The molecule has 1 N–H and O–H groups in total. The van der Waals surface area contributed by atoms with E-state index in [4.69, 9.17) is 13.0 Å². The fourth-order valence-corrected chi connectivity index (χ4v) is 1.17. The number of nitrogens with zero attached hydrogens (tertiary/aromatic N) is 1. The molecule has 0 aromatic heterocycles. The lowest BCUT2D eigenvalue weighted by Gasteiger charge is -2.11. The number of hydrogen-bond acceptors (Lipinski definition) is 1. The molecule has 0 heterocycles. The third-order valence-corrected chi connectivity index (χ3v) is 2.03. The van der Waals surface area contributed by atoms with E-state index >= 15 is 0 Å². The first-order valence-electron chi connectivity index (χ1n) is 4.42. The van der Waals surface area contributed by atoms with Crippen molar-refractivity contribution < 1.29 is 0 Å². The van der Waals surface area contributed by atoms with Crippen molar-refractivity contribution in [3.05, 3.63) is 41.2 Å². The van der Waals surface area contributed by atoms with Gasteiger partial charge in [-0.1, -0.05) is 30.2 Å². The first kappa shape index (κ1) is 10.3. The summed E-state index contributed by atoms with van der Waals surface area (Å²) in [6.07, 6.45) is 5.15. The third-order valence-electron chi connectivity index (χ3n) is 2.03. The molecule has 0 spiro atoms. The highest BCUT2D eigenvalue weighted by Crippen LogP contribution is 2.17. The topological polar surface area (TPSA) is 16.4 Å². The molecular formula is C12H12N2. The summed E-state index contributed by atoms with van der Waals surface area (Å²) in [4.78, 5) is 3.33. The molecular weight excluding hydrogens is 172 g/mol. The SMILES string of the molecule is [C-]#[N+]c1ccc(C(C)NCC#C)cc1. The maximum Gasteiger partial charge on any atom is 0.187 e. The van der Waals surface area contributed by atoms with Gasteiger partial charge in [0.25, 0.3) is 0 Å². The van der Waals surface area contributed by atoms with E-state index in [1.54, 1.807) is 0 Å². The lowest BCUT2D eigenvalue weighted by molar-refractivity contribution is 0.623. The fourth-order valence-electron chi connectivity index (χ4n) is 1.17. The average Bonchev–Trinajstić information content (AvgIpc) is 2.26. The Labute approximate surface area is 84.8 Å². The highest BCUT2D eigenvalue weighted by molar-refractivity contribution is 5.45. The normalized spacial score (nSPS) is 11.4. The van der Waals surface area contributed by atoms with Gasteiger partial charge in [0.05, 0.1) is 13.1 Å². The van der Waals surface area contributed by atoms with Crippen molar-refractivity contribution in [1.82, 2.24) is 5.32 Å². The summed E-state index contributed by atoms with van der Waals surface area (Å²) in [5.74, 6) is 2.53. The Morgan fingerprint density at radius 2 is 2.14 bits per heavy atom. The smallest absolute Gasteiger partial charge is 0.187 e. The molecule has 2 heteroatoms. The quantitative estimate of drug-likeness (QED) is 0.564. The van der Waals surface area contributed by atoms with Gasteiger partial charge in [0.1, 0.15) is 0 Å². The molecule has 1 atom stereocenters. The van der Waals surface area contributed by atoms with Gasteiger partial charge in [-0.2, -0.15) is 0 Å². The van der Waals surface area contributed by atoms with Gasteiger partial charge in [0, 0.05) is 6.04 Å². The van der Waals surface area contributed by atoms with Crippen molar-refractivity contribution in [1.29, 1.82) is 0 Å². The molecule has 1 aromatic rings. The summed E-state index contributed by atoms with van der Waals surface area (Å²) in [6.45, 7) is 9.42. The molecule has 0 aliphatic rings. The summed E-state index contributed by atoms with van der Waals surface area (Å²) in [7, 11) is 0. The minimum Gasteiger partial charge on any atom is -0.300 e. The van der Waals surface area contributed by atoms with E-state index in [1.807, 2.05) is 31.2 Å². The van der Waals surface area contributed by atoms with E-state index in [0.717, 1.165) is 5.56 Å². The van der Waals surface area contributed by atoms with Crippen LogP contribution in [0.25, 0.3) is 4.85 Å². The van der Waals surface area contributed by atoms with E-state index in [-0.39, 0.29) is 6.04 Å². The molecule has 1 unspecified atom stereocenters. The third kappa shape index (κ3) is 2.62. The largest absolute Gasteiger partial charge is 0.300 e. The molecule has 0 radical (unpaired) electrons. The fraction of sp³-hybridized carbons (Fsp3) is 0.250. The van der Waals surface area contributed by atoms with Crippen molar-refractivity contribution in [3.8, 4) is 12.3 Å². The van der Waals surface area contributed by atoms with Gasteiger partial charge < -0.3 is 0 Å². The molecule has 0 saturated carbocycles. The van der Waals surface area contributed by atoms with Gasteiger partial charge in [-0.05, 0) is 12.5 Å². The predicted molar refractivity (Wildman–Crippen MR) is 58.0 cm³/mol. The first-order chi connectivity index (χ1) is 6.77. The van der Waals surface area contributed by atoms with Crippen LogP contribution >= 0.6 is 0 Å². The van der Waals surface area contributed by atoms with Crippen LogP contribution in [0.3, 0.4) is 0 Å². The summed E-state index contributed by atoms with van der Waals surface area (Å²) in [5.41, 5.74) is 1.81. The van der Waals surface area contributed by atoms with Gasteiger partial charge in [-0.15, -0.1) is 6.42 Å². The molecule has 1 rings (SSSR count). The van der Waals surface area contributed by atoms with E-state index in [1.165, 1.54) is 0 Å². The second-order valence-electron chi connectivity index (χ2n) is 3.01. The Morgan fingerprint density at radius 1 is 1.50 bits per heavy atom. The highest BCUT2D eigenvalue weighted by atomic mass is 14.9. The van der Waals surface area contributed by atoms with Crippen LogP contribution in [0.1, 0.15) is 18.5 Å². The number of hydrogen-bond donors (Lipinski definition) is 1. The van der Waals surface area contributed by atoms with Crippen LogP contribution in [0.4, 0.5) is 5.69 Å². The van der Waals surface area contributed by atoms with Crippen LogP contribution in [-0.4, -0.2) is 6.54 Å².